The summed E-state index contributed by atoms with van der Waals surface area (Å²) in [7, 11) is 0. The first-order valence-electron chi connectivity index (χ1n) is 5.77. The van der Waals surface area contributed by atoms with Crippen molar-refractivity contribution < 1.29 is 9.90 Å². The summed E-state index contributed by atoms with van der Waals surface area (Å²) in [6.45, 7) is 4.64. The van der Waals surface area contributed by atoms with Crippen molar-refractivity contribution in [1.82, 2.24) is 4.90 Å². The second-order valence-corrected chi connectivity index (χ2v) is 5.06. The highest BCUT2D eigenvalue weighted by atomic mass is 16.3. The van der Waals surface area contributed by atoms with Crippen LogP contribution in [0.5, 0.6) is 0 Å². The molecule has 0 aromatic heterocycles. The van der Waals surface area contributed by atoms with Crippen LogP contribution in [0.3, 0.4) is 0 Å². The maximum Gasteiger partial charge on any atom is 0.256 e. The Hall–Kier alpha value is -1.55. The predicted molar refractivity (Wildman–Crippen MR) is 66.7 cm³/mol. The number of hydrogen-bond acceptors (Lipinski definition) is 3. The van der Waals surface area contributed by atoms with Crippen LogP contribution in [0.4, 0.5) is 5.69 Å². The van der Waals surface area contributed by atoms with Gasteiger partial charge in [0.05, 0.1) is 11.2 Å². The number of rotatable bonds is 1. The summed E-state index contributed by atoms with van der Waals surface area (Å²) in [5.74, 6) is -0.0970. The van der Waals surface area contributed by atoms with Crippen LogP contribution in [0.1, 0.15) is 29.3 Å². The van der Waals surface area contributed by atoms with Crippen molar-refractivity contribution in [3.63, 3.8) is 0 Å². The first-order valence-corrected chi connectivity index (χ1v) is 5.77. The fraction of sp³-hybridized carbons (Fsp3) is 0.462. The SMILES string of the molecule is Cc1ccc(C(=O)N2CCC(C)(O)C2)c(N)c1. The van der Waals surface area contributed by atoms with Crippen LogP contribution in [0.15, 0.2) is 18.2 Å². The fourth-order valence-electron chi connectivity index (χ4n) is 2.17. The number of hydrogen-bond donors (Lipinski definition) is 2. The zero-order valence-corrected chi connectivity index (χ0v) is 10.2. The summed E-state index contributed by atoms with van der Waals surface area (Å²) in [5.41, 5.74) is 7.14. The van der Waals surface area contributed by atoms with E-state index in [-0.39, 0.29) is 5.91 Å². The first kappa shape index (κ1) is 11.9. The highest BCUT2D eigenvalue weighted by Crippen LogP contribution is 2.24. The molecule has 1 aromatic rings. The number of carbonyl (C=O) groups is 1. The number of nitrogens with two attached hydrogens (primary N) is 1. The van der Waals surface area contributed by atoms with E-state index < -0.39 is 5.60 Å². The van der Waals surface area contributed by atoms with E-state index in [0.29, 0.717) is 30.8 Å². The summed E-state index contributed by atoms with van der Waals surface area (Å²) in [4.78, 5) is 13.9. The zero-order chi connectivity index (χ0) is 12.6. The lowest BCUT2D eigenvalue weighted by molar-refractivity contribution is 0.0572. The minimum atomic E-state index is -0.769. The van der Waals surface area contributed by atoms with Gasteiger partial charge in [0, 0.05) is 18.8 Å². The maximum atomic E-state index is 12.2. The molecule has 1 amide bonds. The van der Waals surface area contributed by atoms with E-state index in [4.69, 9.17) is 5.73 Å². The minimum Gasteiger partial charge on any atom is -0.398 e. The van der Waals surface area contributed by atoms with E-state index in [1.54, 1.807) is 24.0 Å². The minimum absolute atomic E-state index is 0.0970. The van der Waals surface area contributed by atoms with Gasteiger partial charge in [0.15, 0.2) is 0 Å². The molecule has 0 bridgehead atoms. The average Bonchev–Trinajstić information content (AvgIpc) is 2.58. The molecule has 92 valence electrons. The number of amides is 1. The molecule has 1 unspecified atom stereocenters. The molecule has 1 aliphatic rings. The highest BCUT2D eigenvalue weighted by molar-refractivity contribution is 5.99. The molecule has 0 radical (unpaired) electrons. The maximum absolute atomic E-state index is 12.2. The van der Waals surface area contributed by atoms with Crippen LogP contribution >= 0.6 is 0 Å². The fourth-order valence-corrected chi connectivity index (χ4v) is 2.17. The third-order valence-electron chi connectivity index (χ3n) is 3.18. The number of anilines is 1. The lowest BCUT2D eigenvalue weighted by Crippen LogP contribution is -2.34. The number of aryl methyl sites for hydroxylation is 1. The van der Waals surface area contributed by atoms with Gasteiger partial charge in [-0.15, -0.1) is 0 Å². The predicted octanol–water partition coefficient (Wildman–Crippen LogP) is 1.17. The van der Waals surface area contributed by atoms with Crippen LogP contribution in [0.2, 0.25) is 0 Å². The van der Waals surface area contributed by atoms with Crippen LogP contribution < -0.4 is 5.73 Å². The third kappa shape index (κ3) is 2.42. The molecule has 2 rings (SSSR count). The number of benzene rings is 1. The third-order valence-corrected chi connectivity index (χ3v) is 3.18. The van der Waals surface area contributed by atoms with Crippen molar-refractivity contribution in [3.8, 4) is 0 Å². The van der Waals surface area contributed by atoms with Crippen molar-refractivity contribution >= 4 is 11.6 Å². The molecular weight excluding hydrogens is 216 g/mol. The van der Waals surface area contributed by atoms with Gasteiger partial charge in [-0.2, -0.15) is 0 Å². The van der Waals surface area contributed by atoms with Crippen LogP contribution in [-0.4, -0.2) is 34.6 Å². The monoisotopic (exact) mass is 234 g/mol. The Bertz CT molecular complexity index is 455. The molecule has 1 aromatic carbocycles. The van der Waals surface area contributed by atoms with E-state index in [0.717, 1.165) is 5.56 Å². The molecule has 1 saturated heterocycles. The molecule has 0 spiro atoms. The van der Waals surface area contributed by atoms with Gasteiger partial charge in [0.1, 0.15) is 0 Å². The largest absolute Gasteiger partial charge is 0.398 e. The number of likely N-dealkylation sites (tertiary alicyclic amines) is 1. The molecule has 1 aliphatic heterocycles. The van der Waals surface area contributed by atoms with Crippen molar-refractivity contribution in [2.24, 2.45) is 0 Å². The van der Waals surface area contributed by atoms with Gasteiger partial charge in [-0.25, -0.2) is 0 Å². The Balaban J connectivity index is 2.21. The van der Waals surface area contributed by atoms with Gasteiger partial charge < -0.3 is 15.7 Å². The number of nitrogens with zero attached hydrogens (tertiary/aromatic N) is 1. The standard InChI is InChI=1S/C13H18N2O2/c1-9-3-4-10(11(14)7-9)12(16)15-6-5-13(2,17)8-15/h3-4,7,17H,5-6,8,14H2,1-2H3. The topological polar surface area (TPSA) is 66.6 Å². The molecule has 1 heterocycles. The normalized spacial score (nSPS) is 24.1. The van der Waals surface area contributed by atoms with Gasteiger partial charge in [0.25, 0.3) is 5.91 Å². The lowest BCUT2D eigenvalue weighted by Gasteiger charge is -2.19. The second-order valence-electron chi connectivity index (χ2n) is 5.06. The van der Waals surface area contributed by atoms with E-state index in [1.165, 1.54) is 0 Å². The van der Waals surface area contributed by atoms with Crippen molar-refractivity contribution in [1.29, 1.82) is 0 Å². The lowest BCUT2D eigenvalue weighted by atomic mass is 10.1. The van der Waals surface area contributed by atoms with Crippen LogP contribution in [0, 0.1) is 6.92 Å². The molecule has 17 heavy (non-hydrogen) atoms. The summed E-state index contributed by atoms with van der Waals surface area (Å²) in [6.07, 6.45) is 0.616. The molecule has 1 atom stereocenters. The van der Waals surface area contributed by atoms with E-state index in [2.05, 4.69) is 0 Å². The molecule has 0 aliphatic carbocycles. The van der Waals surface area contributed by atoms with Gasteiger partial charge in [-0.1, -0.05) is 6.07 Å². The molecule has 0 saturated carbocycles. The van der Waals surface area contributed by atoms with Crippen LogP contribution in [-0.2, 0) is 0 Å². The first-order chi connectivity index (χ1) is 7.89. The molecule has 4 heteroatoms. The second kappa shape index (κ2) is 4.04. The van der Waals surface area contributed by atoms with Crippen molar-refractivity contribution in [2.45, 2.75) is 25.9 Å². The summed E-state index contributed by atoms with van der Waals surface area (Å²) < 4.78 is 0. The Labute approximate surface area is 101 Å². The number of carbonyl (C=O) groups excluding carboxylic acids is 1. The van der Waals surface area contributed by atoms with Crippen molar-refractivity contribution in [2.75, 3.05) is 18.8 Å². The summed E-state index contributed by atoms with van der Waals surface area (Å²) in [6, 6.07) is 5.42. The van der Waals surface area contributed by atoms with E-state index in [1.807, 2.05) is 13.0 Å². The van der Waals surface area contributed by atoms with Crippen LogP contribution in [0.25, 0.3) is 0 Å². The Morgan fingerprint density at radius 1 is 1.53 bits per heavy atom. The summed E-state index contributed by atoms with van der Waals surface area (Å²) >= 11 is 0. The van der Waals surface area contributed by atoms with Gasteiger partial charge >= 0.3 is 0 Å². The van der Waals surface area contributed by atoms with Gasteiger partial charge in [0.2, 0.25) is 0 Å². The Morgan fingerprint density at radius 2 is 2.24 bits per heavy atom. The van der Waals surface area contributed by atoms with Gasteiger partial charge in [-0.3, -0.25) is 4.79 Å². The van der Waals surface area contributed by atoms with E-state index >= 15 is 0 Å². The van der Waals surface area contributed by atoms with Crippen molar-refractivity contribution in [3.05, 3.63) is 29.3 Å². The number of aliphatic hydroxyl groups is 1. The number of nitrogen functional groups attached to an aromatic ring is 1. The molecule has 1 fully saturated rings. The van der Waals surface area contributed by atoms with Gasteiger partial charge in [-0.05, 0) is 38.0 Å². The van der Waals surface area contributed by atoms with E-state index in [9.17, 15) is 9.90 Å². The Morgan fingerprint density at radius 3 is 2.76 bits per heavy atom. The zero-order valence-electron chi connectivity index (χ0n) is 10.2. The summed E-state index contributed by atoms with van der Waals surface area (Å²) in [5, 5.41) is 9.85. The molecular formula is C13H18N2O2. The Kier molecular flexibility index (Phi) is 2.83. The average molecular weight is 234 g/mol. The highest BCUT2D eigenvalue weighted by Gasteiger charge is 2.34. The molecule has 4 nitrogen and oxygen atoms in total. The number of β-amino-alcohol motifs (C(OH)–C–C–N with tert-alkyl or cyclic N) is 1. The smallest absolute Gasteiger partial charge is 0.256 e. The quantitative estimate of drug-likeness (QED) is 0.717. The molecule has 3 N–H and O–H groups in total.